The van der Waals surface area contributed by atoms with Crippen LogP contribution < -0.4 is 11.5 Å². The van der Waals surface area contributed by atoms with Gasteiger partial charge in [-0.15, -0.1) is 0 Å². The van der Waals surface area contributed by atoms with E-state index < -0.39 is 5.91 Å². The maximum Gasteiger partial charge on any atom is 0.283 e. The summed E-state index contributed by atoms with van der Waals surface area (Å²) in [7, 11) is 0. The first-order valence-electron chi connectivity index (χ1n) is 6.86. The molecule has 1 aliphatic rings. The molecule has 0 atom stereocenters. The zero-order valence-electron chi connectivity index (χ0n) is 11.8. The van der Waals surface area contributed by atoms with Crippen molar-refractivity contribution in [3.63, 3.8) is 0 Å². The van der Waals surface area contributed by atoms with Crippen molar-refractivity contribution < 1.29 is 4.79 Å². The van der Waals surface area contributed by atoms with Gasteiger partial charge in [-0.1, -0.05) is 18.2 Å². The first-order valence-corrected chi connectivity index (χ1v) is 6.86. The van der Waals surface area contributed by atoms with E-state index in [0.717, 1.165) is 29.8 Å². The molecule has 2 aromatic rings. The molecule has 1 aliphatic carbocycles. The lowest BCUT2D eigenvalue weighted by atomic mass is 10.1. The Kier molecular flexibility index (Phi) is 3.21. The molecule has 0 bridgehead atoms. The highest BCUT2D eigenvalue weighted by atomic mass is 16.1. The Morgan fingerprint density at radius 3 is 2.67 bits per heavy atom. The van der Waals surface area contributed by atoms with Crippen LogP contribution in [0.1, 0.15) is 40.4 Å². The van der Waals surface area contributed by atoms with Crippen molar-refractivity contribution in [1.82, 2.24) is 9.78 Å². The SMILES string of the molecule is Cc1ccccc1-n1ncc(C(=O)N=C(N)N)c1C1CC1. The second-order valence-electron chi connectivity index (χ2n) is 5.26. The molecule has 4 N–H and O–H groups in total. The van der Waals surface area contributed by atoms with Crippen LogP contribution in [-0.4, -0.2) is 21.6 Å². The van der Waals surface area contributed by atoms with Crippen molar-refractivity contribution in [1.29, 1.82) is 0 Å². The molecule has 1 saturated carbocycles. The van der Waals surface area contributed by atoms with Gasteiger partial charge in [0.1, 0.15) is 0 Å². The van der Waals surface area contributed by atoms with Gasteiger partial charge in [0.2, 0.25) is 0 Å². The lowest BCUT2D eigenvalue weighted by Crippen LogP contribution is -2.24. The van der Waals surface area contributed by atoms with Crippen molar-refractivity contribution in [3.8, 4) is 5.69 Å². The summed E-state index contributed by atoms with van der Waals surface area (Å²) in [5, 5.41) is 4.38. The number of amides is 1. The Hall–Kier alpha value is -2.63. The molecule has 0 aliphatic heterocycles. The molecule has 1 heterocycles. The number of carbonyl (C=O) groups is 1. The normalized spacial score (nSPS) is 14.0. The lowest BCUT2D eigenvalue weighted by Gasteiger charge is -2.10. The molecule has 108 valence electrons. The topological polar surface area (TPSA) is 99.3 Å². The van der Waals surface area contributed by atoms with Crippen LogP contribution in [-0.2, 0) is 0 Å². The highest BCUT2D eigenvalue weighted by molar-refractivity contribution is 6.02. The number of rotatable bonds is 3. The van der Waals surface area contributed by atoms with Crippen molar-refractivity contribution in [2.24, 2.45) is 16.5 Å². The predicted octanol–water partition coefficient (Wildman–Crippen LogP) is 1.47. The van der Waals surface area contributed by atoms with E-state index in [0.29, 0.717) is 11.5 Å². The summed E-state index contributed by atoms with van der Waals surface area (Å²) in [4.78, 5) is 15.8. The number of aromatic nitrogens is 2. The molecule has 6 nitrogen and oxygen atoms in total. The minimum Gasteiger partial charge on any atom is -0.370 e. The van der Waals surface area contributed by atoms with Crippen molar-refractivity contribution >= 4 is 11.9 Å². The number of hydrogen-bond donors (Lipinski definition) is 2. The lowest BCUT2D eigenvalue weighted by molar-refractivity contribution is 0.100. The number of para-hydroxylation sites is 1. The molecule has 1 aromatic heterocycles. The van der Waals surface area contributed by atoms with Gasteiger partial charge < -0.3 is 11.5 Å². The van der Waals surface area contributed by atoms with Crippen LogP contribution in [0.25, 0.3) is 5.69 Å². The van der Waals surface area contributed by atoms with E-state index in [2.05, 4.69) is 10.1 Å². The maximum atomic E-state index is 12.1. The molecule has 1 aromatic carbocycles. The molecule has 0 unspecified atom stereocenters. The number of nitrogens with two attached hydrogens (primary N) is 2. The number of hydrogen-bond acceptors (Lipinski definition) is 2. The minimum atomic E-state index is -0.434. The van der Waals surface area contributed by atoms with Crippen molar-refractivity contribution in [2.75, 3.05) is 0 Å². The average molecular weight is 283 g/mol. The number of benzene rings is 1. The van der Waals surface area contributed by atoms with Gasteiger partial charge in [-0.3, -0.25) is 4.79 Å². The second kappa shape index (κ2) is 5.05. The Morgan fingerprint density at radius 2 is 2.05 bits per heavy atom. The minimum absolute atomic E-state index is 0.231. The largest absolute Gasteiger partial charge is 0.370 e. The highest BCUT2D eigenvalue weighted by Gasteiger charge is 2.33. The van der Waals surface area contributed by atoms with Gasteiger partial charge in [0, 0.05) is 5.92 Å². The molecule has 0 saturated heterocycles. The Morgan fingerprint density at radius 1 is 1.33 bits per heavy atom. The van der Waals surface area contributed by atoms with Crippen molar-refractivity contribution in [2.45, 2.75) is 25.7 Å². The van der Waals surface area contributed by atoms with E-state index in [1.807, 2.05) is 35.9 Å². The molecule has 6 heteroatoms. The van der Waals surface area contributed by atoms with Crippen LogP contribution in [0.15, 0.2) is 35.5 Å². The fraction of sp³-hybridized carbons (Fsp3) is 0.267. The number of aryl methyl sites for hydroxylation is 1. The number of carbonyl (C=O) groups excluding carboxylic acids is 1. The number of guanidine groups is 1. The van der Waals surface area contributed by atoms with Crippen molar-refractivity contribution in [3.05, 3.63) is 47.3 Å². The second-order valence-corrected chi connectivity index (χ2v) is 5.26. The Labute approximate surface area is 122 Å². The summed E-state index contributed by atoms with van der Waals surface area (Å²) in [6.07, 6.45) is 3.66. The van der Waals surface area contributed by atoms with Gasteiger partial charge in [-0.25, -0.2) is 4.68 Å². The van der Waals surface area contributed by atoms with Crippen LogP contribution in [0.3, 0.4) is 0 Å². The predicted molar refractivity (Wildman–Crippen MR) is 80.4 cm³/mol. The molecular weight excluding hydrogens is 266 g/mol. The maximum absolute atomic E-state index is 12.1. The quantitative estimate of drug-likeness (QED) is 0.658. The first-order chi connectivity index (χ1) is 10.1. The number of nitrogens with zero attached hydrogens (tertiary/aromatic N) is 3. The standard InChI is InChI=1S/C15H17N5O/c1-9-4-2-3-5-12(9)20-13(10-6-7-10)11(8-18-20)14(21)19-15(16)17/h2-5,8,10H,6-7H2,1H3,(H4,16,17,19,21). The zero-order valence-corrected chi connectivity index (χ0v) is 11.8. The van der Waals surface area contributed by atoms with E-state index in [1.165, 1.54) is 0 Å². The molecular formula is C15H17N5O. The van der Waals surface area contributed by atoms with Crippen LogP contribution in [0, 0.1) is 6.92 Å². The summed E-state index contributed by atoms with van der Waals surface area (Å²) >= 11 is 0. The van der Waals surface area contributed by atoms with E-state index >= 15 is 0 Å². The Bertz CT molecular complexity index is 723. The van der Waals surface area contributed by atoms with Gasteiger partial charge >= 0.3 is 0 Å². The smallest absolute Gasteiger partial charge is 0.283 e. The third-order valence-electron chi connectivity index (χ3n) is 3.58. The molecule has 21 heavy (non-hydrogen) atoms. The fourth-order valence-corrected chi connectivity index (χ4v) is 2.44. The molecule has 1 fully saturated rings. The van der Waals surface area contributed by atoms with Gasteiger partial charge in [0.15, 0.2) is 5.96 Å². The average Bonchev–Trinajstić information content (AvgIpc) is 3.17. The van der Waals surface area contributed by atoms with Crippen LogP contribution in [0.2, 0.25) is 0 Å². The number of aliphatic imine (C=N–C) groups is 1. The fourth-order valence-electron chi connectivity index (χ4n) is 2.44. The zero-order chi connectivity index (χ0) is 15.0. The summed E-state index contributed by atoms with van der Waals surface area (Å²) in [5.41, 5.74) is 14.0. The summed E-state index contributed by atoms with van der Waals surface area (Å²) < 4.78 is 1.84. The van der Waals surface area contributed by atoms with Crippen LogP contribution in [0.4, 0.5) is 0 Å². The monoisotopic (exact) mass is 283 g/mol. The Balaban J connectivity index is 2.12. The molecule has 3 rings (SSSR count). The third kappa shape index (κ3) is 2.52. The first kappa shape index (κ1) is 13.4. The van der Waals surface area contributed by atoms with Crippen LogP contribution in [0.5, 0.6) is 0 Å². The van der Waals surface area contributed by atoms with Gasteiger partial charge in [0.05, 0.1) is 23.1 Å². The molecule has 0 spiro atoms. The van der Waals surface area contributed by atoms with E-state index in [-0.39, 0.29) is 5.96 Å². The highest BCUT2D eigenvalue weighted by Crippen LogP contribution is 2.42. The van der Waals surface area contributed by atoms with E-state index in [9.17, 15) is 4.79 Å². The summed E-state index contributed by atoms with van der Waals surface area (Å²) in [6, 6.07) is 7.94. The summed E-state index contributed by atoms with van der Waals surface area (Å²) in [5.74, 6) is -0.317. The summed E-state index contributed by atoms with van der Waals surface area (Å²) in [6.45, 7) is 2.02. The van der Waals surface area contributed by atoms with E-state index in [1.54, 1.807) is 6.20 Å². The third-order valence-corrected chi connectivity index (χ3v) is 3.58. The van der Waals surface area contributed by atoms with Gasteiger partial charge in [-0.2, -0.15) is 10.1 Å². The van der Waals surface area contributed by atoms with E-state index in [4.69, 9.17) is 11.5 Å². The van der Waals surface area contributed by atoms with Crippen LogP contribution >= 0.6 is 0 Å². The van der Waals surface area contributed by atoms with Gasteiger partial charge in [0.25, 0.3) is 5.91 Å². The molecule has 1 amide bonds. The van der Waals surface area contributed by atoms with Gasteiger partial charge in [-0.05, 0) is 31.4 Å². The molecule has 0 radical (unpaired) electrons.